The molecule has 0 saturated heterocycles. The third-order valence-electron chi connectivity index (χ3n) is 3.59. The van der Waals surface area contributed by atoms with Gasteiger partial charge in [0.15, 0.2) is 0 Å². The predicted octanol–water partition coefficient (Wildman–Crippen LogP) is 2.96. The molecule has 4 nitrogen and oxygen atoms in total. The van der Waals surface area contributed by atoms with E-state index in [1.54, 1.807) is 0 Å². The van der Waals surface area contributed by atoms with E-state index in [2.05, 4.69) is 5.32 Å². The lowest BCUT2D eigenvalue weighted by Crippen LogP contribution is -2.31. The minimum Gasteiger partial charge on any atom is -0.473 e. The molecule has 0 spiro atoms. The number of amides is 1. The Morgan fingerprint density at radius 2 is 1.90 bits per heavy atom. The molecule has 0 fully saturated rings. The second kappa shape index (κ2) is 4.56. The molecule has 3 N–H and O–H groups in total. The summed E-state index contributed by atoms with van der Waals surface area (Å²) in [5, 5.41) is 2.91. The highest BCUT2D eigenvalue weighted by atomic mass is 16.5. The van der Waals surface area contributed by atoms with E-state index in [0.717, 1.165) is 16.7 Å². The van der Waals surface area contributed by atoms with Gasteiger partial charge in [0, 0.05) is 11.3 Å². The largest absolute Gasteiger partial charge is 0.473 e. The van der Waals surface area contributed by atoms with Crippen LogP contribution in [0.3, 0.4) is 0 Å². The number of ether oxygens (including phenoxy) is 1. The highest BCUT2D eigenvalue weighted by Gasteiger charge is 2.31. The number of carbonyl (C=O) groups is 1. The van der Waals surface area contributed by atoms with Gasteiger partial charge in [-0.15, -0.1) is 0 Å². The molecule has 0 aromatic heterocycles. The molecule has 0 bridgehead atoms. The third-order valence-corrected chi connectivity index (χ3v) is 3.59. The lowest BCUT2D eigenvalue weighted by Gasteiger charge is -2.29. The van der Waals surface area contributed by atoms with Crippen LogP contribution in [0.25, 0.3) is 0 Å². The number of anilines is 2. The Bertz CT molecular complexity index is 681. The van der Waals surface area contributed by atoms with Gasteiger partial charge in [-0.05, 0) is 31.0 Å². The van der Waals surface area contributed by atoms with E-state index in [4.69, 9.17) is 10.5 Å². The van der Waals surface area contributed by atoms with Crippen LogP contribution in [0.2, 0.25) is 0 Å². The number of nitrogen functional groups attached to an aromatic ring is 1. The lowest BCUT2D eigenvalue weighted by molar-refractivity contribution is -0.123. The molecular weight excluding hydrogens is 252 g/mol. The van der Waals surface area contributed by atoms with Gasteiger partial charge in [-0.3, -0.25) is 4.79 Å². The van der Waals surface area contributed by atoms with Crippen LogP contribution in [-0.2, 0) is 4.79 Å². The van der Waals surface area contributed by atoms with Crippen LogP contribution in [0.1, 0.15) is 22.8 Å². The van der Waals surface area contributed by atoms with Gasteiger partial charge >= 0.3 is 0 Å². The summed E-state index contributed by atoms with van der Waals surface area (Å²) in [7, 11) is 0. The number of aryl methyl sites for hydroxylation is 1. The molecule has 1 amide bonds. The van der Waals surface area contributed by atoms with Gasteiger partial charge in [0.1, 0.15) is 5.75 Å². The number of fused-ring (bicyclic) bond motifs is 1. The molecular formula is C16H16N2O2. The highest BCUT2D eigenvalue weighted by Crippen LogP contribution is 2.41. The lowest BCUT2D eigenvalue weighted by atomic mass is 10.0. The van der Waals surface area contributed by atoms with Crippen LogP contribution in [0, 0.1) is 13.8 Å². The fourth-order valence-electron chi connectivity index (χ4n) is 2.43. The van der Waals surface area contributed by atoms with Crippen molar-refractivity contribution in [1.29, 1.82) is 0 Å². The molecule has 3 rings (SSSR count). The van der Waals surface area contributed by atoms with Gasteiger partial charge in [-0.25, -0.2) is 0 Å². The SMILES string of the molecule is Cc1cc(N)c(C)c2c1OC(c1ccccc1)C(=O)N2. The molecule has 20 heavy (non-hydrogen) atoms. The molecule has 1 atom stereocenters. The molecule has 2 aromatic rings. The summed E-state index contributed by atoms with van der Waals surface area (Å²) in [4.78, 5) is 12.3. The van der Waals surface area contributed by atoms with E-state index in [1.807, 2.05) is 50.2 Å². The molecule has 102 valence electrons. The van der Waals surface area contributed by atoms with Crippen molar-refractivity contribution in [3.8, 4) is 5.75 Å². The molecule has 1 aliphatic heterocycles. The van der Waals surface area contributed by atoms with Crippen molar-refractivity contribution in [2.24, 2.45) is 0 Å². The smallest absolute Gasteiger partial charge is 0.270 e. The van der Waals surface area contributed by atoms with E-state index in [9.17, 15) is 4.79 Å². The van der Waals surface area contributed by atoms with Crippen LogP contribution in [0.4, 0.5) is 11.4 Å². The average Bonchev–Trinajstić information content (AvgIpc) is 2.45. The topological polar surface area (TPSA) is 64.3 Å². The Morgan fingerprint density at radius 3 is 2.60 bits per heavy atom. The number of benzene rings is 2. The predicted molar refractivity (Wildman–Crippen MR) is 78.8 cm³/mol. The maximum Gasteiger partial charge on any atom is 0.270 e. The zero-order chi connectivity index (χ0) is 14.3. The van der Waals surface area contributed by atoms with Crippen LogP contribution in [-0.4, -0.2) is 5.91 Å². The first-order chi connectivity index (χ1) is 9.58. The van der Waals surface area contributed by atoms with Gasteiger partial charge in [0.05, 0.1) is 5.69 Å². The van der Waals surface area contributed by atoms with Gasteiger partial charge in [-0.2, -0.15) is 0 Å². The fraction of sp³-hybridized carbons (Fsp3) is 0.188. The number of hydrogen-bond donors (Lipinski definition) is 2. The Morgan fingerprint density at radius 1 is 1.20 bits per heavy atom. The maximum absolute atomic E-state index is 12.3. The Labute approximate surface area is 117 Å². The van der Waals surface area contributed by atoms with Crippen molar-refractivity contribution >= 4 is 17.3 Å². The van der Waals surface area contributed by atoms with Crippen molar-refractivity contribution in [3.63, 3.8) is 0 Å². The molecule has 1 unspecified atom stereocenters. The Hall–Kier alpha value is -2.49. The molecule has 1 heterocycles. The van der Waals surface area contributed by atoms with Crippen molar-refractivity contribution < 1.29 is 9.53 Å². The minimum absolute atomic E-state index is 0.170. The van der Waals surface area contributed by atoms with E-state index < -0.39 is 6.10 Å². The number of carbonyl (C=O) groups excluding carboxylic acids is 1. The van der Waals surface area contributed by atoms with Gasteiger partial charge in [0.2, 0.25) is 6.10 Å². The van der Waals surface area contributed by atoms with Crippen LogP contribution < -0.4 is 15.8 Å². The summed E-state index contributed by atoms with van der Waals surface area (Å²) >= 11 is 0. The number of rotatable bonds is 1. The first-order valence-corrected chi connectivity index (χ1v) is 6.50. The van der Waals surface area contributed by atoms with Gasteiger partial charge < -0.3 is 15.8 Å². The van der Waals surface area contributed by atoms with E-state index in [0.29, 0.717) is 17.1 Å². The zero-order valence-corrected chi connectivity index (χ0v) is 11.4. The summed E-state index contributed by atoms with van der Waals surface area (Å²) < 4.78 is 5.93. The standard InChI is InChI=1S/C16H16N2O2/c1-9-8-12(17)10(2)13-14(9)20-15(16(19)18-13)11-6-4-3-5-7-11/h3-8,15H,17H2,1-2H3,(H,18,19). The summed E-state index contributed by atoms with van der Waals surface area (Å²) in [5.74, 6) is 0.530. The Kier molecular flexibility index (Phi) is 2.86. The monoisotopic (exact) mass is 268 g/mol. The van der Waals surface area contributed by atoms with Crippen LogP contribution in [0.15, 0.2) is 36.4 Å². The third kappa shape index (κ3) is 1.90. The van der Waals surface area contributed by atoms with Crippen molar-refractivity contribution in [2.75, 3.05) is 11.1 Å². The average molecular weight is 268 g/mol. The summed E-state index contributed by atoms with van der Waals surface area (Å²) in [6.45, 7) is 3.80. The molecule has 2 aromatic carbocycles. The molecule has 4 heteroatoms. The molecule has 0 aliphatic carbocycles. The Balaban J connectivity index is 2.07. The second-order valence-electron chi connectivity index (χ2n) is 5.01. The first kappa shape index (κ1) is 12.5. The van der Waals surface area contributed by atoms with Gasteiger partial charge in [-0.1, -0.05) is 30.3 Å². The van der Waals surface area contributed by atoms with Crippen molar-refractivity contribution in [2.45, 2.75) is 20.0 Å². The number of nitrogens with two attached hydrogens (primary N) is 1. The van der Waals surface area contributed by atoms with E-state index in [-0.39, 0.29) is 5.91 Å². The van der Waals surface area contributed by atoms with Crippen molar-refractivity contribution in [1.82, 2.24) is 0 Å². The number of hydrogen-bond acceptors (Lipinski definition) is 3. The maximum atomic E-state index is 12.3. The normalized spacial score (nSPS) is 17.1. The number of nitrogens with one attached hydrogen (secondary N) is 1. The fourth-order valence-corrected chi connectivity index (χ4v) is 2.43. The van der Waals surface area contributed by atoms with Crippen molar-refractivity contribution in [3.05, 3.63) is 53.1 Å². The minimum atomic E-state index is -0.620. The van der Waals surface area contributed by atoms with Crippen LogP contribution >= 0.6 is 0 Å². The summed E-state index contributed by atoms with van der Waals surface area (Å²) in [5.41, 5.74) is 9.86. The summed E-state index contributed by atoms with van der Waals surface area (Å²) in [6, 6.07) is 11.3. The zero-order valence-electron chi connectivity index (χ0n) is 11.4. The highest BCUT2D eigenvalue weighted by molar-refractivity contribution is 6.00. The second-order valence-corrected chi connectivity index (χ2v) is 5.01. The van der Waals surface area contributed by atoms with Crippen LogP contribution in [0.5, 0.6) is 5.75 Å². The van der Waals surface area contributed by atoms with Gasteiger partial charge in [0.25, 0.3) is 5.91 Å². The molecule has 1 aliphatic rings. The summed E-state index contributed by atoms with van der Waals surface area (Å²) in [6.07, 6.45) is -0.620. The first-order valence-electron chi connectivity index (χ1n) is 6.50. The quantitative estimate of drug-likeness (QED) is 0.781. The molecule has 0 saturated carbocycles. The molecule has 0 radical (unpaired) electrons. The van der Waals surface area contributed by atoms with E-state index >= 15 is 0 Å². The van der Waals surface area contributed by atoms with E-state index in [1.165, 1.54) is 0 Å².